The number of amides is 1. The summed E-state index contributed by atoms with van der Waals surface area (Å²) in [6.07, 6.45) is 0.709. The van der Waals surface area contributed by atoms with Crippen molar-refractivity contribution in [3.8, 4) is 5.75 Å². The van der Waals surface area contributed by atoms with Crippen LogP contribution in [0.1, 0.15) is 44.7 Å². The number of benzene rings is 2. The number of oxime groups is 1. The molecule has 1 aliphatic rings. The minimum absolute atomic E-state index is 0.0149. The molecule has 2 aromatic rings. The molecule has 1 heterocycles. The molecule has 0 aliphatic carbocycles. The molecule has 0 spiro atoms. The van der Waals surface area contributed by atoms with Crippen molar-refractivity contribution < 1.29 is 18.8 Å². The van der Waals surface area contributed by atoms with Crippen LogP contribution >= 0.6 is 0 Å². The second-order valence-electron chi connectivity index (χ2n) is 8.81. The number of para-hydroxylation sites is 1. The van der Waals surface area contributed by atoms with Crippen molar-refractivity contribution in [3.05, 3.63) is 65.5 Å². The van der Waals surface area contributed by atoms with E-state index < -0.39 is 0 Å². The molecule has 0 unspecified atom stereocenters. The third-order valence-electron chi connectivity index (χ3n) is 4.87. The molecule has 2 aromatic carbocycles. The van der Waals surface area contributed by atoms with Crippen LogP contribution in [0.2, 0.25) is 0 Å². The lowest BCUT2D eigenvalue weighted by Crippen LogP contribution is -2.38. The quantitative estimate of drug-likeness (QED) is 0.657. The van der Waals surface area contributed by atoms with E-state index in [1.165, 1.54) is 12.1 Å². The molecule has 0 bridgehead atoms. The van der Waals surface area contributed by atoms with Crippen LogP contribution in [-0.4, -0.2) is 36.3 Å². The summed E-state index contributed by atoms with van der Waals surface area (Å²) in [5.74, 6) is 0.441. The lowest BCUT2D eigenvalue weighted by atomic mass is 9.91. The van der Waals surface area contributed by atoms with E-state index in [1.54, 1.807) is 18.1 Å². The van der Waals surface area contributed by atoms with E-state index in [0.29, 0.717) is 25.9 Å². The van der Waals surface area contributed by atoms with Crippen LogP contribution in [0.4, 0.5) is 4.39 Å². The van der Waals surface area contributed by atoms with Gasteiger partial charge in [-0.1, -0.05) is 50.2 Å². The molecule has 0 aromatic heterocycles. The predicted molar refractivity (Wildman–Crippen MR) is 115 cm³/mol. The topological polar surface area (TPSA) is 51.1 Å². The van der Waals surface area contributed by atoms with Gasteiger partial charge in [-0.2, -0.15) is 0 Å². The van der Waals surface area contributed by atoms with Gasteiger partial charge in [0.1, 0.15) is 11.6 Å². The molecule has 0 saturated heterocycles. The van der Waals surface area contributed by atoms with E-state index in [2.05, 4.69) is 5.16 Å². The summed E-state index contributed by atoms with van der Waals surface area (Å²) in [6.45, 7) is 6.80. The Morgan fingerprint density at radius 3 is 2.70 bits per heavy atom. The molecule has 0 radical (unpaired) electrons. The van der Waals surface area contributed by atoms with E-state index in [1.807, 2.05) is 51.1 Å². The average Bonchev–Trinajstić information content (AvgIpc) is 3.14. The van der Waals surface area contributed by atoms with Gasteiger partial charge in [-0.25, -0.2) is 4.39 Å². The Kier molecular flexibility index (Phi) is 6.75. The summed E-state index contributed by atoms with van der Waals surface area (Å²) in [5.41, 5.74) is 2.29. The molecule has 30 heavy (non-hydrogen) atoms. The zero-order valence-corrected chi connectivity index (χ0v) is 18.0. The minimum Gasteiger partial charge on any atom is -0.496 e. The van der Waals surface area contributed by atoms with Crippen molar-refractivity contribution in [2.75, 3.05) is 13.7 Å². The van der Waals surface area contributed by atoms with Crippen molar-refractivity contribution in [2.45, 2.75) is 46.3 Å². The molecular formula is C24H29FN2O3. The van der Waals surface area contributed by atoms with Crippen LogP contribution < -0.4 is 4.74 Å². The number of carbonyl (C=O) groups is 1. The minimum atomic E-state index is -0.311. The van der Waals surface area contributed by atoms with Gasteiger partial charge in [0.2, 0.25) is 5.91 Å². The molecule has 1 atom stereocenters. The Bertz CT molecular complexity index is 921. The highest BCUT2D eigenvalue weighted by molar-refractivity contribution is 6.03. The maximum atomic E-state index is 13.6. The highest BCUT2D eigenvalue weighted by Gasteiger charge is 2.29. The van der Waals surface area contributed by atoms with Gasteiger partial charge in [-0.05, 0) is 35.2 Å². The van der Waals surface area contributed by atoms with Crippen LogP contribution in [0.15, 0.2) is 53.7 Å². The maximum Gasteiger partial charge on any atom is 0.223 e. The van der Waals surface area contributed by atoms with E-state index in [0.717, 1.165) is 22.6 Å². The van der Waals surface area contributed by atoms with Crippen LogP contribution in [0.3, 0.4) is 0 Å². The lowest BCUT2D eigenvalue weighted by molar-refractivity contribution is -0.135. The van der Waals surface area contributed by atoms with Crippen LogP contribution in [0.25, 0.3) is 0 Å². The zero-order chi connectivity index (χ0) is 21.7. The monoisotopic (exact) mass is 412 g/mol. The van der Waals surface area contributed by atoms with Gasteiger partial charge in [0.05, 0.1) is 19.4 Å². The number of methoxy groups -OCH3 is 1. The van der Waals surface area contributed by atoms with Crippen LogP contribution in [0.5, 0.6) is 5.75 Å². The molecule has 3 rings (SSSR count). The largest absolute Gasteiger partial charge is 0.496 e. The third kappa shape index (κ3) is 5.81. The summed E-state index contributed by atoms with van der Waals surface area (Å²) >= 11 is 0. The second kappa shape index (κ2) is 9.28. The summed E-state index contributed by atoms with van der Waals surface area (Å²) in [4.78, 5) is 20.4. The van der Waals surface area contributed by atoms with Gasteiger partial charge >= 0.3 is 0 Å². The molecule has 1 amide bonds. The van der Waals surface area contributed by atoms with E-state index >= 15 is 0 Å². The van der Waals surface area contributed by atoms with Crippen molar-refractivity contribution in [1.29, 1.82) is 0 Å². The molecule has 0 saturated carbocycles. The maximum absolute atomic E-state index is 13.6. The van der Waals surface area contributed by atoms with E-state index in [4.69, 9.17) is 9.57 Å². The highest BCUT2D eigenvalue weighted by atomic mass is 19.1. The van der Waals surface area contributed by atoms with Crippen molar-refractivity contribution in [3.63, 3.8) is 0 Å². The van der Waals surface area contributed by atoms with E-state index in [-0.39, 0.29) is 23.2 Å². The van der Waals surface area contributed by atoms with Crippen LogP contribution in [0, 0.1) is 11.2 Å². The van der Waals surface area contributed by atoms with Gasteiger partial charge in [-0.15, -0.1) is 0 Å². The van der Waals surface area contributed by atoms with Gasteiger partial charge in [-0.3, -0.25) is 4.79 Å². The first kappa shape index (κ1) is 21.8. The van der Waals surface area contributed by atoms with Crippen LogP contribution in [-0.2, 0) is 16.2 Å². The lowest BCUT2D eigenvalue weighted by Gasteiger charge is -2.28. The molecule has 5 nitrogen and oxygen atoms in total. The molecule has 6 heteroatoms. The highest BCUT2D eigenvalue weighted by Crippen LogP contribution is 2.26. The molecule has 160 valence electrons. The zero-order valence-electron chi connectivity index (χ0n) is 18.0. The first-order valence-corrected chi connectivity index (χ1v) is 10.1. The molecule has 0 N–H and O–H groups in total. The fourth-order valence-corrected chi connectivity index (χ4v) is 3.49. The van der Waals surface area contributed by atoms with Gasteiger partial charge < -0.3 is 14.5 Å². The first-order valence-electron chi connectivity index (χ1n) is 10.1. The molecular weight excluding hydrogens is 383 g/mol. The third-order valence-corrected chi connectivity index (χ3v) is 4.87. The number of hydrogen-bond acceptors (Lipinski definition) is 4. The molecule has 1 aliphatic heterocycles. The fraction of sp³-hybridized carbons (Fsp3) is 0.417. The number of rotatable bonds is 7. The number of hydrogen-bond donors (Lipinski definition) is 0. The van der Waals surface area contributed by atoms with Gasteiger partial charge in [0.15, 0.2) is 6.10 Å². The number of halogens is 1. The van der Waals surface area contributed by atoms with Gasteiger partial charge in [0.25, 0.3) is 0 Å². The Hall–Kier alpha value is -2.89. The number of carbonyl (C=O) groups excluding carboxylic acids is 1. The summed E-state index contributed by atoms with van der Waals surface area (Å²) in [5, 5.41) is 4.24. The fourth-order valence-electron chi connectivity index (χ4n) is 3.49. The number of ether oxygens (including phenoxy) is 1. The smallest absolute Gasteiger partial charge is 0.223 e. The Balaban J connectivity index is 1.72. The average molecular weight is 413 g/mol. The van der Waals surface area contributed by atoms with Crippen molar-refractivity contribution >= 4 is 11.6 Å². The van der Waals surface area contributed by atoms with Crippen molar-refractivity contribution in [1.82, 2.24) is 4.90 Å². The first-order chi connectivity index (χ1) is 14.2. The Labute approximate surface area is 177 Å². The number of nitrogens with zero attached hydrogens (tertiary/aromatic N) is 2. The summed E-state index contributed by atoms with van der Waals surface area (Å²) in [7, 11) is 1.62. The predicted octanol–water partition coefficient (Wildman–Crippen LogP) is 4.79. The van der Waals surface area contributed by atoms with E-state index in [9.17, 15) is 9.18 Å². The molecule has 0 fully saturated rings. The van der Waals surface area contributed by atoms with Gasteiger partial charge in [0, 0.05) is 24.9 Å². The second-order valence-corrected chi connectivity index (χ2v) is 8.81. The summed E-state index contributed by atoms with van der Waals surface area (Å²) < 4.78 is 19.1. The Morgan fingerprint density at radius 1 is 1.23 bits per heavy atom. The Morgan fingerprint density at radius 2 is 2.00 bits per heavy atom. The SMILES string of the molecule is COc1ccccc1C1=NO[C@H](CN(Cc2cccc(F)c2)C(=O)CC(C)(C)C)C1. The normalized spacial score (nSPS) is 16.0. The standard InChI is InChI=1S/C24H29FN2O3/c1-24(2,3)14-23(28)27(15-17-8-7-9-18(25)12-17)16-19-13-21(26-30-19)20-10-5-6-11-22(20)29-4/h5-12,19H,13-16H2,1-4H3/t19-/m0/s1. The van der Waals surface area contributed by atoms with Crippen molar-refractivity contribution in [2.24, 2.45) is 10.6 Å². The summed E-state index contributed by atoms with van der Waals surface area (Å²) in [6, 6.07) is 14.0.